The smallest absolute Gasteiger partial charge is 0.255 e. The van der Waals surface area contributed by atoms with Gasteiger partial charge in [-0.05, 0) is 30.7 Å². The number of amides is 1. The highest BCUT2D eigenvalue weighted by Gasteiger charge is 2.11. The van der Waals surface area contributed by atoms with E-state index in [1.54, 1.807) is 30.3 Å². The molecule has 2 rings (SSSR count). The van der Waals surface area contributed by atoms with Crippen molar-refractivity contribution in [3.63, 3.8) is 0 Å². The molecule has 4 nitrogen and oxygen atoms in total. The highest BCUT2D eigenvalue weighted by atomic mass is 16.5. The van der Waals surface area contributed by atoms with Gasteiger partial charge in [0.25, 0.3) is 5.91 Å². The van der Waals surface area contributed by atoms with Gasteiger partial charge in [0.1, 0.15) is 11.5 Å². The summed E-state index contributed by atoms with van der Waals surface area (Å²) in [6.45, 7) is 1.84. The van der Waals surface area contributed by atoms with Gasteiger partial charge in [0.05, 0.1) is 12.8 Å². The molecule has 0 heterocycles. The van der Waals surface area contributed by atoms with Gasteiger partial charge >= 0.3 is 0 Å². The summed E-state index contributed by atoms with van der Waals surface area (Å²) in [5, 5.41) is 12.5. The average molecular weight is 257 g/mol. The van der Waals surface area contributed by atoms with E-state index in [9.17, 15) is 9.90 Å². The number of hydrogen-bond donors (Lipinski definition) is 2. The van der Waals surface area contributed by atoms with Gasteiger partial charge in [0.2, 0.25) is 0 Å². The highest BCUT2D eigenvalue weighted by molar-refractivity contribution is 6.05. The Labute approximate surface area is 111 Å². The first-order valence-corrected chi connectivity index (χ1v) is 5.86. The fraction of sp³-hybridized carbons (Fsp3) is 0.133. The predicted octanol–water partition coefficient (Wildman–Crippen LogP) is 2.96. The molecule has 2 aromatic rings. The molecule has 19 heavy (non-hydrogen) atoms. The number of phenols is 1. The third kappa shape index (κ3) is 2.85. The Balaban J connectivity index is 2.25. The first kappa shape index (κ1) is 13.0. The predicted molar refractivity (Wildman–Crippen MR) is 73.8 cm³/mol. The number of aryl methyl sites for hydroxylation is 1. The van der Waals surface area contributed by atoms with Gasteiger partial charge in [-0.3, -0.25) is 4.79 Å². The van der Waals surface area contributed by atoms with Crippen LogP contribution in [0.1, 0.15) is 15.9 Å². The van der Waals surface area contributed by atoms with E-state index in [1.165, 1.54) is 13.2 Å². The normalized spacial score (nSPS) is 10.0. The number of methoxy groups -OCH3 is 1. The number of nitrogens with one attached hydrogen (secondary N) is 1. The van der Waals surface area contributed by atoms with Crippen LogP contribution in [-0.4, -0.2) is 18.1 Å². The SMILES string of the molecule is COc1cc(O)c(NC(=O)c2ccccc2)cc1C. The summed E-state index contributed by atoms with van der Waals surface area (Å²) in [5.74, 6) is 0.294. The van der Waals surface area contributed by atoms with Crippen LogP contribution in [0.25, 0.3) is 0 Å². The second kappa shape index (κ2) is 5.44. The van der Waals surface area contributed by atoms with Gasteiger partial charge in [-0.2, -0.15) is 0 Å². The third-order valence-electron chi connectivity index (χ3n) is 2.80. The van der Waals surface area contributed by atoms with Crippen molar-refractivity contribution in [3.8, 4) is 11.5 Å². The lowest BCUT2D eigenvalue weighted by Crippen LogP contribution is -2.12. The van der Waals surface area contributed by atoms with Gasteiger partial charge in [-0.25, -0.2) is 0 Å². The van der Waals surface area contributed by atoms with E-state index in [4.69, 9.17) is 4.74 Å². The summed E-state index contributed by atoms with van der Waals surface area (Å²) >= 11 is 0. The van der Waals surface area contributed by atoms with E-state index in [-0.39, 0.29) is 11.7 Å². The minimum Gasteiger partial charge on any atom is -0.506 e. The van der Waals surface area contributed by atoms with Crippen LogP contribution in [0.2, 0.25) is 0 Å². The number of benzene rings is 2. The lowest BCUT2D eigenvalue weighted by Gasteiger charge is -2.11. The van der Waals surface area contributed by atoms with Crippen molar-refractivity contribution in [3.05, 3.63) is 53.6 Å². The third-order valence-corrected chi connectivity index (χ3v) is 2.80. The average Bonchev–Trinajstić information content (AvgIpc) is 2.43. The standard InChI is InChI=1S/C15H15NO3/c1-10-8-12(13(17)9-14(10)19-2)16-15(18)11-6-4-3-5-7-11/h3-9,17H,1-2H3,(H,16,18). The van der Waals surface area contributed by atoms with Crippen molar-refractivity contribution in [2.45, 2.75) is 6.92 Å². The number of rotatable bonds is 3. The monoisotopic (exact) mass is 257 g/mol. The number of carbonyl (C=O) groups is 1. The Morgan fingerprint density at radius 3 is 2.53 bits per heavy atom. The molecule has 0 aliphatic heterocycles. The molecule has 0 spiro atoms. The molecule has 0 aromatic heterocycles. The minimum atomic E-state index is -0.263. The zero-order valence-electron chi connectivity index (χ0n) is 10.8. The first-order valence-electron chi connectivity index (χ1n) is 5.86. The molecule has 0 unspecified atom stereocenters. The molecule has 0 atom stereocenters. The second-order valence-electron chi connectivity index (χ2n) is 4.16. The molecule has 1 amide bonds. The minimum absolute atomic E-state index is 0.0215. The summed E-state index contributed by atoms with van der Waals surface area (Å²) in [7, 11) is 1.53. The van der Waals surface area contributed by atoms with Gasteiger partial charge < -0.3 is 15.2 Å². The maximum absolute atomic E-state index is 12.0. The van der Waals surface area contributed by atoms with Gasteiger partial charge in [-0.15, -0.1) is 0 Å². The second-order valence-corrected chi connectivity index (χ2v) is 4.16. The van der Waals surface area contributed by atoms with Crippen molar-refractivity contribution in [2.75, 3.05) is 12.4 Å². The summed E-state index contributed by atoms with van der Waals surface area (Å²) in [6, 6.07) is 12.0. The van der Waals surface area contributed by atoms with E-state index < -0.39 is 0 Å². The van der Waals surface area contributed by atoms with Crippen molar-refractivity contribution >= 4 is 11.6 Å². The van der Waals surface area contributed by atoms with E-state index in [2.05, 4.69) is 5.32 Å². The molecule has 0 radical (unpaired) electrons. The molecule has 4 heteroatoms. The van der Waals surface area contributed by atoms with Crippen LogP contribution in [0, 0.1) is 6.92 Å². The fourth-order valence-electron chi connectivity index (χ4n) is 1.78. The Morgan fingerprint density at radius 2 is 1.89 bits per heavy atom. The molecule has 0 aliphatic carbocycles. The van der Waals surface area contributed by atoms with Crippen molar-refractivity contribution in [1.29, 1.82) is 0 Å². The number of carbonyl (C=O) groups excluding carboxylic acids is 1. The largest absolute Gasteiger partial charge is 0.506 e. The quantitative estimate of drug-likeness (QED) is 0.831. The summed E-state index contributed by atoms with van der Waals surface area (Å²) < 4.78 is 5.10. The van der Waals surface area contributed by atoms with Crippen LogP contribution in [-0.2, 0) is 0 Å². The van der Waals surface area contributed by atoms with Gasteiger partial charge in [-0.1, -0.05) is 18.2 Å². The zero-order valence-corrected chi connectivity index (χ0v) is 10.8. The van der Waals surface area contributed by atoms with Gasteiger partial charge in [0.15, 0.2) is 0 Å². The Kier molecular flexibility index (Phi) is 3.71. The van der Waals surface area contributed by atoms with E-state index >= 15 is 0 Å². The molecular weight excluding hydrogens is 242 g/mol. The summed E-state index contributed by atoms with van der Waals surface area (Å²) in [6.07, 6.45) is 0. The van der Waals surface area contributed by atoms with Crippen LogP contribution >= 0.6 is 0 Å². The lowest BCUT2D eigenvalue weighted by molar-refractivity contribution is 0.102. The lowest BCUT2D eigenvalue weighted by atomic mass is 10.1. The highest BCUT2D eigenvalue weighted by Crippen LogP contribution is 2.31. The van der Waals surface area contributed by atoms with Crippen molar-refractivity contribution in [1.82, 2.24) is 0 Å². The molecule has 0 saturated carbocycles. The number of ether oxygens (including phenoxy) is 1. The number of aromatic hydroxyl groups is 1. The van der Waals surface area contributed by atoms with E-state index in [1.807, 2.05) is 13.0 Å². The molecule has 98 valence electrons. The maximum Gasteiger partial charge on any atom is 0.255 e. The molecule has 2 aromatic carbocycles. The summed E-state index contributed by atoms with van der Waals surface area (Å²) in [5.41, 5.74) is 1.74. The molecule has 0 aliphatic rings. The fourth-order valence-corrected chi connectivity index (χ4v) is 1.78. The van der Waals surface area contributed by atoms with Crippen LogP contribution in [0.15, 0.2) is 42.5 Å². The van der Waals surface area contributed by atoms with E-state index in [0.29, 0.717) is 17.0 Å². The first-order chi connectivity index (χ1) is 9.11. The Bertz CT molecular complexity index is 594. The number of anilines is 1. The maximum atomic E-state index is 12.0. The van der Waals surface area contributed by atoms with Crippen LogP contribution < -0.4 is 10.1 Å². The van der Waals surface area contributed by atoms with Crippen LogP contribution in [0.3, 0.4) is 0 Å². The molecule has 0 saturated heterocycles. The Morgan fingerprint density at radius 1 is 1.21 bits per heavy atom. The number of hydrogen-bond acceptors (Lipinski definition) is 3. The molecule has 0 bridgehead atoms. The molecular formula is C15H15NO3. The summed E-state index contributed by atoms with van der Waals surface area (Å²) in [4.78, 5) is 12.0. The van der Waals surface area contributed by atoms with E-state index in [0.717, 1.165) is 5.56 Å². The van der Waals surface area contributed by atoms with Crippen molar-refractivity contribution in [2.24, 2.45) is 0 Å². The number of phenolic OH excluding ortho intramolecular Hbond substituents is 1. The van der Waals surface area contributed by atoms with Gasteiger partial charge in [0, 0.05) is 11.6 Å². The Hall–Kier alpha value is -2.49. The van der Waals surface area contributed by atoms with Crippen LogP contribution in [0.4, 0.5) is 5.69 Å². The topological polar surface area (TPSA) is 58.6 Å². The van der Waals surface area contributed by atoms with Crippen molar-refractivity contribution < 1.29 is 14.6 Å². The molecule has 2 N–H and O–H groups in total. The van der Waals surface area contributed by atoms with Crippen LogP contribution in [0.5, 0.6) is 11.5 Å². The zero-order chi connectivity index (χ0) is 13.8. The molecule has 0 fully saturated rings.